The van der Waals surface area contributed by atoms with Gasteiger partial charge in [-0.1, -0.05) is 147 Å². The lowest BCUT2D eigenvalue weighted by Crippen LogP contribution is -2.58. The summed E-state index contributed by atoms with van der Waals surface area (Å²) in [4.78, 5) is 61.1. The number of ether oxygens (including phenoxy) is 12. The second kappa shape index (κ2) is 56.5. The first-order valence-electron chi connectivity index (χ1n) is 53.6. The molecular weight excluding hydrogens is 1850 g/mol. The molecule has 0 bridgehead atoms. The van der Waals surface area contributed by atoms with Crippen molar-refractivity contribution >= 4 is 35.0 Å². The SMILES string of the molecule is CC.CC.CC[C@H]1OC(=O)[C@H](C)[C@@H](O[C@H]2C[C@@](C)(OC)[C@@H](O)[C@H](C)O2)[C@H](C)[C@@H](C)[C@](C)(O)C[C@@H](C)C(=NOC2CCCNC2)[C@H](C)[C@@H](O)[C@]1(C)O.CC[C@H]1OC(=O)[C@H](C)[C@@H](O[C@H]2C[C@@](C)(OC)[C@@H](O)[C@H](C)O2)[C@H](C)[C@@H](C)[C@](C)(O)C[C@@H](C)C(=NOC2CCNC2)[C@H](C)[C@@H](O)[C@]1(C)O.CC[C@H]1OC(=O)[C@H](C)[C@@H](O[C@H]2C[C@@](C)(OC)[C@@H](O)[C@H](C)O2)[C@H](C)[C@@H](C)[C@](C)(O)C[C@@H](C)C(=NOCCN(C)C)[C@H](C)[C@@H](O)[C@]1(C)O. The van der Waals surface area contributed by atoms with Gasteiger partial charge in [0.15, 0.2) is 18.9 Å². The number of nitrogens with zero attached hydrogens (tertiary/aromatic N) is 4. The van der Waals surface area contributed by atoms with Crippen LogP contribution in [-0.2, 0) is 85.7 Å². The molecule has 8 aliphatic rings. The van der Waals surface area contributed by atoms with Gasteiger partial charge in [-0.15, -0.1) is 0 Å². The summed E-state index contributed by atoms with van der Waals surface area (Å²) in [6.45, 7) is 65.5. The van der Waals surface area contributed by atoms with Crippen LogP contribution in [0.4, 0.5) is 0 Å². The largest absolute Gasteiger partial charge is 0.459 e. The molecule has 0 spiro atoms. The molecule has 8 aliphatic heterocycles. The Bertz CT molecular complexity index is 3850. The van der Waals surface area contributed by atoms with Crippen LogP contribution in [0.1, 0.15) is 312 Å². The molecule has 8 rings (SSSR count). The summed E-state index contributed by atoms with van der Waals surface area (Å²) < 4.78 is 72.9. The van der Waals surface area contributed by atoms with Gasteiger partial charge >= 0.3 is 17.9 Å². The fraction of sp³-hybridized carbons (Fsp3) is 0.944. The van der Waals surface area contributed by atoms with Gasteiger partial charge in [-0.3, -0.25) is 14.4 Å². The zero-order valence-electron chi connectivity index (χ0n) is 94.9. The summed E-state index contributed by atoms with van der Waals surface area (Å²) in [6.07, 6.45) is -11.8. The number of hydrogen-bond donors (Lipinski definition) is 14. The van der Waals surface area contributed by atoms with E-state index in [0.717, 1.165) is 32.4 Å². The van der Waals surface area contributed by atoms with Crippen molar-refractivity contribution in [2.24, 2.45) is 104 Å². The Morgan fingerprint density at radius 1 is 0.378 bits per heavy atom. The molecule has 44 atom stereocenters. The Labute approximate surface area is 858 Å². The van der Waals surface area contributed by atoms with Crippen LogP contribution in [0.25, 0.3) is 0 Å². The van der Waals surface area contributed by atoms with E-state index >= 15 is 0 Å². The van der Waals surface area contributed by atoms with Crippen molar-refractivity contribution in [1.29, 1.82) is 0 Å². The number of rotatable bonds is 20. The van der Waals surface area contributed by atoms with Crippen molar-refractivity contribution in [3.63, 3.8) is 0 Å². The number of esters is 3. The maximum absolute atomic E-state index is 13.9. The minimum atomic E-state index is -1.84. The highest BCUT2D eigenvalue weighted by Crippen LogP contribution is 2.47. The van der Waals surface area contributed by atoms with E-state index in [9.17, 15) is 75.7 Å². The zero-order valence-corrected chi connectivity index (χ0v) is 94.9. The van der Waals surface area contributed by atoms with Crippen LogP contribution in [0, 0.1) is 88.8 Å². The molecule has 36 heteroatoms. The van der Waals surface area contributed by atoms with Crippen molar-refractivity contribution in [1.82, 2.24) is 15.5 Å². The van der Waals surface area contributed by atoms with E-state index in [4.69, 9.17) is 71.4 Å². The van der Waals surface area contributed by atoms with Crippen molar-refractivity contribution < 1.29 is 147 Å². The molecule has 0 aliphatic carbocycles. The topological polar surface area (TPSA) is 497 Å². The fourth-order valence-corrected chi connectivity index (χ4v) is 22.4. The summed E-state index contributed by atoms with van der Waals surface area (Å²) in [7, 11) is 8.44. The molecule has 8 fully saturated rings. The average molecular weight is 2050 g/mol. The number of cyclic esters (lactones) is 3. The Morgan fingerprint density at radius 2 is 0.643 bits per heavy atom. The molecular formula is C107H202N6O30. The number of aliphatic hydroxyl groups is 12. The van der Waals surface area contributed by atoms with Gasteiger partial charge in [0.25, 0.3) is 0 Å². The standard InChI is InChI=1S/C35H64N2O10.C34H62N2O10.C34H64N2O10.2C2H6/c1-12-26-35(10,42)30(38)21(4)28(37-47-25-14-13-15-36-18-25)19(2)16-33(8,41)23(6)20(3)29(22(5)32(40)45-26)46-27-17-34(9,43-11)31(39)24(7)44-27;1-12-25-34(10,41)29(37)20(4)27(36-46-24-13-14-35-17-24)18(2)15-32(8,40)22(6)19(3)28(21(5)31(39)44-25)45-26-16-33(9,42-11)30(38)23(7)43-26;1-14-25-34(10,41)29(37)21(4)27(35-43-16-15-36(11)12)19(2)17-32(8,40)23(6)20(3)28(22(5)31(39)45-25)46-26-18-33(9,42-13)30(38)24(7)44-26;2*1-2/h19-27,29-31,36,38-39,41-42H,12-18H2,1-11H3;18-26,28-30,35,37-38,40-41H,12-17H2,1-11H3;19-26,28-30,37-38,40-41H,14-18H2,1-13H3;2*1-2H3/t19-,20-,21+,22-,23-,24+,25?,26-,27+,29+,30-,31+,33-,34-,35-;18-,19-,20+,21-,22-,23+,24?,25-,26+,28+,29-,30+,32-,33-,34-;19-,20-,21+,22-,23-,24+,25-,26+,28+,29-,30+,32-,33-,34-;;/m111../s1. The number of aliphatic hydroxyl groups excluding tert-OH is 6. The van der Waals surface area contributed by atoms with E-state index in [2.05, 4.69) is 26.1 Å². The maximum atomic E-state index is 13.9. The zero-order chi connectivity index (χ0) is 110. The third kappa shape index (κ3) is 33.2. The van der Waals surface area contributed by atoms with E-state index in [0.29, 0.717) is 43.4 Å². The molecule has 8 saturated heterocycles. The number of nitrogens with one attached hydrogen (secondary N) is 2. The predicted molar refractivity (Wildman–Crippen MR) is 548 cm³/mol. The van der Waals surface area contributed by atoms with E-state index in [-0.39, 0.29) is 123 Å². The minimum absolute atomic E-state index is 0.119. The van der Waals surface area contributed by atoms with E-state index in [1.54, 1.807) is 125 Å². The van der Waals surface area contributed by atoms with Crippen LogP contribution in [0.15, 0.2) is 15.5 Å². The molecule has 36 nitrogen and oxygen atoms in total. The lowest BCUT2D eigenvalue weighted by molar-refractivity contribution is -0.298. The molecule has 0 aromatic carbocycles. The van der Waals surface area contributed by atoms with Crippen LogP contribution in [0.5, 0.6) is 0 Å². The van der Waals surface area contributed by atoms with Crippen LogP contribution in [0.2, 0.25) is 0 Å². The molecule has 0 saturated carbocycles. The number of hydrogen-bond acceptors (Lipinski definition) is 36. The minimum Gasteiger partial charge on any atom is -0.459 e. The van der Waals surface area contributed by atoms with Crippen molar-refractivity contribution in [2.75, 3.05) is 74.8 Å². The first kappa shape index (κ1) is 131. The molecule has 8 heterocycles. The summed E-state index contributed by atoms with van der Waals surface area (Å²) in [5, 5.41) is 159. The predicted octanol–water partition coefficient (Wildman–Crippen LogP) is 11.0. The number of oxime groups is 3. The molecule has 0 aromatic heterocycles. The Kier molecular flexibility index (Phi) is 51.8. The van der Waals surface area contributed by atoms with Gasteiger partial charge in [0.1, 0.15) is 72.2 Å². The van der Waals surface area contributed by atoms with Gasteiger partial charge in [-0.2, -0.15) is 0 Å². The maximum Gasteiger partial charge on any atom is 0.311 e. The van der Waals surface area contributed by atoms with Crippen LogP contribution in [-0.4, -0.2) is 349 Å². The fourth-order valence-electron chi connectivity index (χ4n) is 22.4. The van der Waals surface area contributed by atoms with E-state index in [1.165, 1.54) is 42.1 Å². The third-order valence-electron chi connectivity index (χ3n) is 33.6. The second-order valence-electron chi connectivity index (χ2n) is 45.2. The first-order chi connectivity index (χ1) is 66.2. The summed E-state index contributed by atoms with van der Waals surface area (Å²) in [6, 6.07) is 0. The molecule has 840 valence electrons. The van der Waals surface area contributed by atoms with Crippen LogP contribution in [0.3, 0.4) is 0 Å². The quantitative estimate of drug-likeness (QED) is 0.0233. The monoisotopic (exact) mass is 2050 g/mol. The highest BCUT2D eigenvalue weighted by molar-refractivity contribution is 5.90. The Balaban J connectivity index is 0.000000439. The number of carbonyl (C=O) groups excluding carboxylic acids is 3. The van der Waals surface area contributed by atoms with Crippen molar-refractivity contribution in [2.45, 2.75) is 486 Å². The summed E-state index contributed by atoms with van der Waals surface area (Å²) in [5.41, 5.74) is -10.6. The molecule has 2 unspecified atom stereocenters. The number of methoxy groups -OCH3 is 3. The van der Waals surface area contributed by atoms with E-state index in [1.807, 2.05) is 109 Å². The second-order valence-corrected chi connectivity index (χ2v) is 45.2. The van der Waals surface area contributed by atoms with Crippen LogP contribution >= 0.6 is 0 Å². The highest BCUT2D eigenvalue weighted by Gasteiger charge is 2.58. The van der Waals surface area contributed by atoms with E-state index < -0.39 is 214 Å². The number of piperidine rings is 1. The average Bonchev–Trinajstić information content (AvgIpc) is 0.938. The van der Waals surface area contributed by atoms with Gasteiger partial charge < -0.3 is 148 Å². The Hall–Kier alpha value is -4.14. The highest BCUT2D eigenvalue weighted by atomic mass is 16.7. The van der Waals surface area contributed by atoms with Crippen molar-refractivity contribution in [3.8, 4) is 0 Å². The van der Waals surface area contributed by atoms with Gasteiger partial charge in [0.05, 0.1) is 123 Å². The van der Waals surface area contributed by atoms with Crippen molar-refractivity contribution in [3.05, 3.63) is 0 Å². The normalized spacial score (nSPS) is 46.9. The number of likely N-dealkylation sites (N-methyl/N-ethyl adjacent to an activating group) is 1. The third-order valence-corrected chi connectivity index (χ3v) is 33.6. The molecule has 143 heavy (non-hydrogen) atoms. The number of carbonyl (C=O) groups is 3. The molecule has 0 amide bonds. The Morgan fingerprint density at radius 3 is 0.881 bits per heavy atom. The molecule has 14 N–H and O–H groups in total. The van der Waals surface area contributed by atoms with Gasteiger partial charge in [0, 0.05) is 102 Å². The van der Waals surface area contributed by atoms with Gasteiger partial charge in [-0.05, 0) is 218 Å². The van der Waals surface area contributed by atoms with Gasteiger partial charge in [0.2, 0.25) is 0 Å². The summed E-state index contributed by atoms with van der Waals surface area (Å²) in [5.74, 6) is -9.70. The molecule has 0 radical (unpaired) electrons. The summed E-state index contributed by atoms with van der Waals surface area (Å²) >= 11 is 0. The van der Waals surface area contributed by atoms with Crippen LogP contribution < -0.4 is 10.6 Å². The molecule has 0 aromatic rings. The lowest BCUT2D eigenvalue weighted by atomic mass is 9.70. The van der Waals surface area contributed by atoms with Gasteiger partial charge in [-0.25, -0.2) is 0 Å². The smallest absolute Gasteiger partial charge is 0.311 e. The lowest BCUT2D eigenvalue weighted by Gasteiger charge is -2.47. The first-order valence-corrected chi connectivity index (χ1v) is 53.6.